The van der Waals surface area contributed by atoms with Crippen molar-refractivity contribution in [2.24, 2.45) is 207 Å². The maximum Gasteiger partial charge on any atom is 0.259 e. The molecule has 0 amide bonds. The van der Waals surface area contributed by atoms with Crippen molar-refractivity contribution in [2.75, 3.05) is 0 Å². The van der Waals surface area contributed by atoms with Crippen LogP contribution in [0.4, 0.5) is 52.7 Å². The molecule has 0 nitrogen and oxygen atoms in total. The number of fused-ring (bicyclic) bond motifs is 24. The van der Waals surface area contributed by atoms with Crippen molar-refractivity contribution in [3.05, 3.63) is 146 Å². The van der Waals surface area contributed by atoms with Gasteiger partial charge in [-0.2, -0.15) is 0 Å². The highest BCUT2D eigenvalue weighted by molar-refractivity contribution is 5.19. The van der Waals surface area contributed by atoms with Gasteiger partial charge in [0, 0.05) is 38.5 Å². The second-order valence-corrected chi connectivity index (χ2v) is 53.6. The van der Waals surface area contributed by atoms with Crippen molar-refractivity contribution in [1.82, 2.24) is 0 Å². The number of hydrogen-bond acceptors (Lipinski definition) is 0. The molecule has 148 heavy (non-hydrogen) atoms. The van der Waals surface area contributed by atoms with Gasteiger partial charge >= 0.3 is 0 Å². The van der Waals surface area contributed by atoms with Gasteiger partial charge in [-0.05, 0) is 393 Å². The van der Waals surface area contributed by atoms with Crippen LogP contribution in [0, 0.1) is 207 Å². The van der Waals surface area contributed by atoms with Crippen LogP contribution in [0.15, 0.2) is 146 Å². The molecule has 0 radical (unpaired) electrons. The van der Waals surface area contributed by atoms with E-state index in [0.29, 0.717) is 24.2 Å². The summed E-state index contributed by atoms with van der Waals surface area (Å²) in [6.45, 7) is 22.4. The van der Waals surface area contributed by atoms with E-state index in [1.807, 2.05) is 18.2 Å². The van der Waals surface area contributed by atoms with E-state index < -0.39 is 74.1 Å². The first-order chi connectivity index (χ1) is 71.0. The van der Waals surface area contributed by atoms with Crippen LogP contribution in [0.3, 0.4) is 0 Å². The number of allylic oxidation sites excluding steroid dienone is 24. The van der Waals surface area contributed by atoms with E-state index in [4.69, 9.17) is 0 Å². The Kier molecular flexibility index (Phi) is 48.3. The second kappa shape index (κ2) is 59.1. The fourth-order valence-corrected chi connectivity index (χ4v) is 32.8. The number of halogens is 12. The molecular formula is C136H212F12. The van der Waals surface area contributed by atoms with Crippen LogP contribution in [-0.4, -0.2) is 35.5 Å². The van der Waals surface area contributed by atoms with Crippen molar-refractivity contribution >= 4 is 0 Å². The minimum absolute atomic E-state index is 0.00932. The van der Waals surface area contributed by atoms with Gasteiger partial charge in [-0.3, -0.25) is 0 Å². The van der Waals surface area contributed by atoms with E-state index in [9.17, 15) is 52.7 Å². The maximum atomic E-state index is 13.8. The average Bonchev–Trinajstić information content (AvgIpc) is 1.66. The lowest BCUT2D eigenvalue weighted by Gasteiger charge is -2.29. The summed E-state index contributed by atoms with van der Waals surface area (Å²) >= 11 is 0. The van der Waals surface area contributed by atoms with E-state index in [1.165, 1.54) is 296 Å². The van der Waals surface area contributed by atoms with Gasteiger partial charge in [0.1, 0.15) is 0 Å². The second-order valence-electron chi connectivity index (χ2n) is 53.6. The summed E-state index contributed by atoms with van der Waals surface area (Å²) < 4.78 is 160. The van der Waals surface area contributed by atoms with Crippen LogP contribution in [0.2, 0.25) is 0 Å². The highest BCUT2D eigenvalue weighted by Gasteiger charge is 2.53. The van der Waals surface area contributed by atoms with E-state index in [1.54, 1.807) is 6.92 Å². The van der Waals surface area contributed by atoms with E-state index in [2.05, 4.69) is 183 Å². The van der Waals surface area contributed by atoms with Crippen molar-refractivity contribution in [2.45, 2.75) is 497 Å². The van der Waals surface area contributed by atoms with Gasteiger partial charge in [-0.1, -0.05) is 363 Å². The van der Waals surface area contributed by atoms with Gasteiger partial charge in [0.15, 0.2) is 0 Å². The van der Waals surface area contributed by atoms with Crippen molar-refractivity contribution in [3.8, 4) is 0 Å². The largest absolute Gasteiger partial charge is 0.259 e. The summed E-state index contributed by atoms with van der Waals surface area (Å²) in [5.41, 5.74) is 0. The summed E-state index contributed by atoms with van der Waals surface area (Å²) in [4.78, 5) is 0. The van der Waals surface area contributed by atoms with Gasteiger partial charge in [-0.25, -0.2) is 52.7 Å². The molecule has 840 valence electrons. The van der Waals surface area contributed by atoms with Crippen LogP contribution < -0.4 is 0 Å². The highest BCUT2D eigenvalue weighted by atomic mass is 19.3. The average molecular weight is 2080 g/mol. The van der Waals surface area contributed by atoms with Gasteiger partial charge in [0.05, 0.1) is 19.3 Å². The zero-order valence-electron chi connectivity index (χ0n) is 95.0. The van der Waals surface area contributed by atoms with Crippen LogP contribution >= 0.6 is 0 Å². The molecule has 24 bridgehead atoms. The van der Waals surface area contributed by atoms with Crippen LogP contribution in [0.5, 0.6) is 0 Å². The Hall–Kier alpha value is -3.96. The van der Waals surface area contributed by atoms with Gasteiger partial charge in [0.2, 0.25) is 5.92 Å². The Morgan fingerprint density at radius 2 is 0.365 bits per heavy atom. The smallest absolute Gasteiger partial charge is 0.207 e. The Morgan fingerprint density at radius 1 is 0.169 bits per heavy atom. The Balaban J connectivity index is 0.000000136. The van der Waals surface area contributed by atoms with Gasteiger partial charge in [-0.15, -0.1) is 0 Å². The molecule has 0 saturated heterocycles. The summed E-state index contributed by atoms with van der Waals surface area (Å²) in [6.07, 6.45) is 120. The fraction of sp³-hybridized carbons (Fsp3) is 0.824. The number of hydrogen-bond donors (Lipinski definition) is 0. The summed E-state index contributed by atoms with van der Waals surface area (Å²) in [7, 11) is 0. The molecule has 35 atom stereocenters. The monoisotopic (exact) mass is 2070 g/mol. The summed E-state index contributed by atoms with van der Waals surface area (Å²) in [5, 5.41) is 0. The molecule has 0 heterocycles. The molecule has 24 aliphatic rings. The molecule has 0 N–H and O–H groups in total. The molecule has 0 aromatic rings. The van der Waals surface area contributed by atoms with E-state index in [0.717, 1.165) is 193 Å². The first kappa shape index (κ1) is 121. The van der Waals surface area contributed by atoms with Crippen LogP contribution in [0.1, 0.15) is 461 Å². The summed E-state index contributed by atoms with van der Waals surface area (Å²) in [6, 6.07) is 0. The quantitative estimate of drug-likeness (QED) is 0.0325. The molecule has 12 fully saturated rings. The molecule has 0 spiro atoms. The summed E-state index contributed by atoms with van der Waals surface area (Å²) in [5.74, 6) is 7.52. The predicted molar refractivity (Wildman–Crippen MR) is 601 cm³/mol. The van der Waals surface area contributed by atoms with E-state index in [-0.39, 0.29) is 54.8 Å². The van der Waals surface area contributed by atoms with Gasteiger partial charge in [0.25, 0.3) is 29.6 Å². The zero-order chi connectivity index (χ0) is 106. The standard InChI is InChI=1S/C17H30.C15H20F6.C15H26.C13H18F4.C13H22.C11H16F2.C11H18.2C9H14.2C8H12.C7H10/c1-2-3-4-5-6-7-8-9-10-16-13-15-11-12-17(16)14-15;1-2-13(16,17)8-15(20,21)9-14(18,19)7-12-6-10-3-4-11(12)5-10;1-2-3-4-5-6-7-8-14-11-13-9-10-15(14)12-13;1-2-12(14,15)8-13(16,17)7-11-6-9-3-4-10(11)5-9;1-2-3-4-5-6-12-9-11-7-8-13(12)10-11;1-2-11(12,13)7-10-6-8-3-4-9(10)5-8;1-2-3-4-10-7-9-5-6-11(10)8-9;2*1-2-8-5-7-3-4-9(8)6-7;2*1-6-4-7-2-3-8(6)5-7;1-2-7-4-3-6(1)5-7/h11-12,15-17H,2-10,13-14H2,1H3;3-4,10-12H,2,5-9H2,1H3;9-10,13-15H,2-8,11-12H2,1H3;3-4,9-11H,2,5-8H2,1H3;7-8,11-13H,2-6,9-10H2,1H3;3-4,8-10H,2,5-7H2,1H3;5-6,9-11H,2-4,7-8H2,1H3;2*3-4,7-9H,2,5-6H2,1H3;2*2-3,6-8H,4-5H2,1H3;1-2,6-7H,3-5H2. The fourth-order valence-electron chi connectivity index (χ4n) is 32.8. The number of rotatable bonds is 41. The van der Waals surface area contributed by atoms with Crippen molar-refractivity contribution < 1.29 is 52.7 Å². The van der Waals surface area contributed by atoms with Crippen LogP contribution in [0.25, 0.3) is 0 Å². The lowest BCUT2D eigenvalue weighted by Crippen LogP contribution is -2.36. The number of unbranched alkanes of at least 4 members (excludes halogenated alkanes) is 16. The SMILES string of the molecule is C1=CC2CCC1C2.CC1CC2C=CC1C2.CC1CC2C=CC1C2.CCC(F)(F)CC(F)(F)CC(F)(F)CC1CC2C=CC1C2.CCC(F)(F)CC(F)(F)CC1CC2C=CC1C2.CCC(F)(F)CC1CC2C=CC1C2.CCC1CC2C=CC1C2.CCC1CC2C=CC1C2.CCCCC1CC2C=CC1C2.CCCCCCC1CC2C=CC1C2.CCCCCCCCC1CC2C=CC1C2.CCCCCCCCCCC1CC2C=CC1C2. The minimum atomic E-state index is -4.05. The Bertz CT molecular complexity index is 4100. The Labute approximate surface area is 897 Å². The van der Waals surface area contributed by atoms with Crippen LogP contribution in [-0.2, 0) is 0 Å². The molecule has 35 unspecified atom stereocenters. The first-order valence-electron chi connectivity index (χ1n) is 63.5. The molecule has 12 heteroatoms. The third kappa shape index (κ3) is 38.5. The third-order valence-electron chi connectivity index (χ3n) is 41.7. The molecule has 0 aromatic heterocycles. The molecule has 0 aromatic carbocycles. The van der Waals surface area contributed by atoms with Crippen molar-refractivity contribution in [1.29, 1.82) is 0 Å². The molecule has 12 saturated carbocycles. The lowest BCUT2D eigenvalue weighted by molar-refractivity contribution is -0.162. The minimum Gasteiger partial charge on any atom is -0.207 e. The maximum absolute atomic E-state index is 13.8. The van der Waals surface area contributed by atoms with Crippen molar-refractivity contribution in [3.63, 3.8) is 0 Å². The molecular weight excluding hydrogens is 1860 g/mol. The molecule has 0 aliphatic heterocycles. The normalized spacial score (nSPS) is 37.4. The van der Waals surface area contributed by atoms with Gasteiger partial charge < -0.3 is 0 Å². The topological polar surface area (TPSA) is 0 Å². The first-order valence-corrected chi connectivity index (χ1v) is 63.5. The predicted octanol–water partition coefficient (Wildman–Crippen LogP) is 43.8. The number of alkyl halides is 12. The van der Waals surface area contributed by atoms with E-state index >= 15 is 0 Å². The molecule has 24 rings (SSSR count). The third-order valence-corrected chi connectivity index (χ3v) is 41.7. The highest BCUT2D eigenvalue weighted by Crippen LogP contribution is 2.57. The Morgan fingerprint density at radius 3 is 0.547 bits per heavy atom. The molecule has 24 aliphatic carbocycles. The lowest BCUT2D eigenvalue weighted by atomic mass is 9.86. The zero-order valence-corrected chi connectivity index (χ0v) is 95.0.